The molecule has 0 saturated heterocycles. The minimum Gasteiger partial charge on any atom is -0.497 e. The molecule has 0 radical (unpaired) electrons. The van der Waals surface area contributed by atoms with Gasteiger partial charge in [0, 0.05) is 12.1 Å². The second-order valence-corrected chi connectivity index (χ2v) is 10.2. The molecule has 1 amide bonds. The number of hydrogen-bond donors (Lipinski definition) is 0. The Kier molecular flexibility index (Phi) is 6.62. The molecule has 0 fully saturated rings. The third-order valence-electron chi connectivity index (χ3n) is 6.45. The minimum absolute atomic E-state index is 0.271. The van der Waals surface area contributed by atoms with E-state index in [4.69, 9.17) is 9.47 Å². The van der Waals surface area contributed by atoms with E-state index >= 15 is 0 Å². The van der Waals surface area contributed by atoms with Gasteiger partial charge in [0.1, 0.15) is 10.3 Å². The lowest BCUT2D eigenvalue weighted by Gasteiger charge is -2.25. The number of esters is 1. The molecule has 0 N–H and O–H groups in total. The lowest BCUT2D eigenvalue weighted by atomic mass is 9.95. The molecule has 2 aliphatic heterocycles. The van der Waals surface area contributed by atoms with Crippen molar-refractivity contribution < 1.29 is 19.1 Å². The summed E-state index contributed by atoms with van der Waals surface area (Å²) in [4.78, 5) is 47.6. The molecule has 1 atom stereocenters. The normalized spacial score (nSPS) is 17.8. The van der Waals surface area contributed by atoms with Gasteiger partial charge < -0.3 is 14.4 Å². The van der Waals surface area contributed by atoms with Crippen LogP contribution in [0.3, 0.4) is 0 Å². The number of thiazole rings is 1. The second-order valence-electron chi connectivity index (χ2n) is 9.23. The first-order valence-corrected chi connectivity index (χ1v) is 13.0. The van der Waals surface area contributed by atoms with Gasteiger partial charge in [0.25, 0.3) is 11.5 Å². The third kappa shape index (κ3) is 4.09. The van der Waals surface area contributed by atoms with Gasteiger partial charge >= 0.3 is 5.97 Å². The van der Waals surface area contributed by atoms with Crippen molar-refractivity contribution >= 4 is 34.5 Å². The zero-order valence-electron chi connectivity index (χ0n) is 21.6. The molecule has 5 rings (SSSR count). The van der Waals surface area contributed by atoms with Crippen molar-refractivity contribution in [3.8, 4) is 5.75 Å². The molecule has 194 valence electrons. The van der Waals surface area contributed by atoms with E-state index in [0.29, 0.717) is 39.5 Å². The first kappa shape index (κ1) is 25.4. The van der Waals surface area contributed by atoms with Crippen LogP contribution in [0.5, 0.6) is 5.75 Å². The molecular formula is C29H27N3O5S. The molecular weight excluding hydrogens is 502 g/mol. The molecule has 2 aromatic carbocycles. The van der Waals surface area contributed by atoms with Crippen LogP contribution in [0.1, 0.15) is 37.9 Å². The number of anilines is 1. The van der Waals surface area contributed by atoms with Crippen molar-refractivity contribution in [1.29, 1.82) is 0 Å². The summed E-state index contributed by atoms with van der Waals surface area (Å²) in [5, 5.41) is 0. The number of rotatable bonds is 6. The summed E-state index contributed by atoms with van der Waals surface area (Å²) in [6.07, 6.45) is 1.30. The summed E-state index contributed by atoms with van der Waals surface area (Å²) < 4.78 is 12.6. The van der Waals surface area contributed by atoms with Gasteiger partial charge in [-0.1, -0.05) is 47.7 Å². The van der Waals surface area contributed by atoms with E-state index < -0.39 is 17.6 Å². The largest absolute Gasteiger partial charge is 0.497 e. The Labute approximate surface area is 223 Å². The fraction of sp³-hybridized carbons (Fsp3) is 0.241. The van der Waals surface area contributed by atoms with Crippen LogP contribution in [0, 0.1) is 0 Å². The highest BCUT2D eigenvalue weighted by Gasteiger charge is 2.37. The number of allylic oxidation sites excluding steroid dienone is 1. The van der Waals surface area contributed by atoms with E-state index in [-0.39, 0.29) is 22.1 Å². The number of methoxy groups -OCH3 is 1. The van der Waals surface area contributed by atoms with Gasteiger partial charge in [-0.3, -0.25) is 14.2 Å². The number of ether oxygens (including phenoxy) is 2. The van der Waals surface area contributed by atoms with Crippen LogP contribution in [0.4, 0.5) is 5.69 Å². The van der Waals surface area contributed by atoms with Crippen LogP contribution in [0.2, 0.25) is 0 Å². The number of carbonyl (C=O) groups excluding carboxylic acids is 2. The van der Waals surface area contributed by atoms with Gasteiger partial charge in [-0.25, -0.2) is 9.79 Å². The fourth-order valence-corrected chi connectivity index (χ4v) is 5.96. The highest BCUT2D eigenvalue weighted by Crippen LogP contribution is 2.35. The molecule has 2 aliphatic rings. The van der Waals surface area contributed by atoms with Crippen LogP contribution < -0.4 is 24.5 Å². The van der Waals surface area contributed by atoms with E-state index in [1.165, 1.54) is 4.57 Å². The smallest absolute Gasteiger partial charge is 0.338 e. The predicted octanol–water partition coefficient (Wildman–Crippen LogP) is 3.10. The number of carbonyl (C=O) groups is 2. The summed E-state index contributed by atoms with van der Waals surface area (Å²) in [7, 11) is 1.57. The standard InChI is InChI=1S/C29H27N3O5S/c1-6-15-31-21-10-8-7-9-20(21)23(26(31)33)25-27(34)32-24(18-11-13-19(36-5)14-12-18)22(28(35)37-16(2)3)17(4)30-29(32)38-25/h6-14,16,24H,1,15H2,2-5H3/b25-23-. The van der Waals surface area contributed by atoms with Crippen LogP contribution >= 0.6 is 11.3 Å². The molecule has 8 nitrogen and oxygen atoms in total. The van der Waals surface area contributed by atoms with Gasteiger partial charge in [-0.05, 0) is 44.5 Å². The number of amides is 1. The predicted molar refractivity (Wildman–Crippen MR) is 146 cm³/mol. The monoisotopic (exact) mass is 529 g/mol. The maximum atomic E-state index is 14.1. The van der Waals surface area contributed by atoms with Crippen molar-refractivity contribution in [3.05, 3.63) is 103 Å². The van der Waals surface area contributed by atoms with E-state index in [2.05, 4.69) is 11.6 Å². The second kappa shape index (κ2) is 9.90. The average molecular weight is 530 g/mol. The van der Waals surface area contributed by atoms with Crippen LogP contribution in [0.15, 0.2) is 82.2 Å². The van der Waals surface area contributed by atoms with Crippen molar-refractivity contribution in [3.63, 3.8) is 0 Å². The van der Waals surface area contributed by atoms with E-state index in [1.807, 2.05) is 36.4 Å². The topological polar surface area (TPSA) is 90.2 Å². The average Bonchev–Trinajstić information content (AvgIpc) is 3.35. The van der Waals surface area contributed by atoms with E-state index in [9.17, 15) is 14.4 Å². The minimum atomic E-state index is -0.784. The van der Waals surface area contributed by atoms with Crippen molar-refractivity contribution in [2.45, 2.75) is 32.9 Å². The molecule has 0 aliphatic carbocycles. The first-order chi connectivity index (χ1) is 18.3. The number of hydrogen-bond acceptors (Lipinski definition) is 7. The zero-order valence-corrected chi connectivity index (χ0v) is 22.4. The molecule has 0 bridgehead atoms. The number of fused-ring (bicyclic) bond motifs is 2. The van der Waals surface area contributed by atoms with Gasteiger partial charge in [-0.2, -0.15) is 0 Å². The van der Waals surface area contributed by atoms with Gasteiger partial charge in [0.15, 0.2) is 4.80 Å². The summed E-state index contributed by atoms with van der Waals surface area (Å²) in [5.74, 6) is -0.169. The van der Waals surface area contributed by atoms with E-state index in [0.717, 1.165) is 17.0 Å². The number of benzene rings is 2. The maximum absolute atomic E-state index is 14.1. The molecule has 1 unspecified atom stereocenters. The quantitative estimate of drug-likeness (QED) is 0.362. The Bertz CT molecular complexity index is 1680. The summed E-state index contributed by atoms with van der Waals surface area (Å²) >= 11 is 1.15. The number of nitrogens with zero attached hydrogens (tertiary/aromatic N) is 3. The molecule has 38 heavy (non-hydrogen) atoms. The Morgan fingerprint density at radius 3 is 2.53 bits per heavy atom. The molecule has 3 heterocycles. The van der Waals surface area contributed by atoms with Gasteiger partial charge in [0.05, 0.1) is 41.8 Å². The molecule has 0 saturated carbocycles. The van der Waals surface area contributed by atoms with Crippen LogP contribution in [-0.2, 0) is 14.3 Å². The Hall–Kier alpha value is -4.24. The van der Waals surface area contributed by atoms with E-state index in [1.54, 1.807) is 51.0 Å². The number of para-hydroxylation sites is 1. The third-order valence-corrected chi connectivity index (χ3v) is 7.51. The summed E-state index contributed by atoms with van der Waals surface area (Å²) in [5.41, 5.74) is 2.77. The lowest BCUT2D eigenvalue weighted by Crippen LogP contribution is -2.41. The van der Waals surface area contributed by atoms with Crippen LogP contribution in [0.25, 0.3) is 5.57 Å². The molecule has 0 spiro atoms. The van der Waals surface area contributed by atoms with Crippen molar-refractivity contribution in [2.24, 2.45) is 4.99 Å². The van der Waals surface area contributed by atoms with Gasteiger partial charge in [0.2, 0.25) is 0 Å². The SMILES string of the molecule is C=CCN1C(=O)/C(=c2\sc3n(c2=O)C(c2ccc(OC)cc2)C(C(=O)OC(C)C)=C(C)N=3)c2ccccc21. The Balaban J connectivity index is 1.79. The van der Waals surface area contributed by atoms with Crippen molar-refractivity contribution in [1.82, 2.24) is 4.57 Å². The summed E-state index contributed by atoms with van der Waals surface area (Å²) in [6, 6.07) is 13.8. The Morgan fingerprint density at radius 2 is 1.87 bits per heavy atom. The maximum Gasteiger partial charge on any atom is 0.338 e. The molecule has 9 heteroatoms. The Morgan fingerprint density at radius 1 is 1.16 bits per heavy atom. The highest BCUT2D eigenvalue weighted by atomic mass is 32.1. The number of aromatic nitrogens is 1. The van der Waals surface area contributed by atoms with Gasteiger partial charge in [-0.15, -0.1) is 6.58 Å². The zero-order chi connectivity index (χ0) is 27.1. The van der Waals surface area contributed by atoms with Crippen molar-refractivity contribution in [2.75, 3.05) is 18.6 Å². The molecule has 3 aromatic rings. The van der Waals surface area contributed by atoms with Crippen LogP contribution in [-0.4, -0.2) is 36.2 Å². The first-order valence-electron chi connectivity index (χ1n) is 12.2. The fourth-order valence-electron chi connectivity index (χ4n) is 4.82. The molecule has 1 aromatic heterocycles. The lowest BCUT2D eigenvalue weighted by molar-refractivity contribution is -0.143. The highest BCUT2D eigenvalue weighted by molar-refractivity contribution is 7.07. The summed E-state index contributed by atoms with van der Waals surface area (Å²) in [6.45, 7) is 9.36.